The fourth-order valence-electron chi connectivity index (χ4n) is 1.77. The summed E-state index contributed by atoms with van der Waals surface area (Å²) in [5, 5.41) is 14.0. The molecule has 0 aliphatic heterocycles. The normalized spacial score (nSPS) is 10.9. The number of pyridine rings is 1. The molecule has 20 heavy (non-hydrogen) atoms. The molecule has 7 heteroatoms. The molecule has 3 aromatic rings. The molecule has 2 heterocycles. The Bertz CT molecular complexity index is 830. The molecule has 1 N–H and O–H groups in total. The van der Waals surface area contributed by atoms with E-state index in [0.29, 0.717) is 27.1 Å². The van der Waals surface area contributed by atoms with Crippen LogP contribution in [-0.4, -0.2) is 25.7 Å². The quantitative estimate of drug-likeness (QED) is 0.788. The summed E-state index contributed by atoms with van der Waals surface area (Å²) in [6, 6.07) is 8.15. The van der Waals surface area contributed by atoms with Gasteiger partial charge in [0.1, 0.15) is 0 Å². The Morgan fingerprint density at radius 2 is 1.95 bits per heavy atom. The summed E-state index contributed by atoms with van der Waals surface area (Å²) in [5.74, 6) is -0.565. The third-order valence-electron chi connectivity index (χ3n) is 2.76. The van der Waals surface area contributed by atoms with Crippen molar-refractivity contribution >= 4 is 34.8 Å². The molecule has 0 radical (unpaired) electrons. The van der Waals surface area contributed by atoms with Gasteiger partial charge < -0.3 is 5.11 Å². The maximum atomic E-state index is 10.9. The molecular formula is C13H7Cl2N3O2. The highest BCUT2D eigenvalue weighted by atomic mass is 35.5. The van der Waals surface area contributed by atoms with Gasteiger partial charge >= 0.3 is 5.97 Å². The van der Waals surface area contributed by atoms with Gasteiger partial charge in [-0.1, -0.05) is 23.2 Å². The van der Waals surface area contributed by atoms with Crippen molar-refractivity contribution in [3.63, 3.8) is 0 Å². The van der Waals surface area contributed by atoms with Gasteiger partial charge in [-0.2, -0.15) is 0 Å². The number of halogens is 2. The number of fused-ring (bicyclic) bond motifs is 1. The molecule has 5 nitrogen and oxygen atoms in total. The minimum atomic E-state index is -1.02. The van der Waals surface area contributed by atoms with Crippen molar-refractivity contribution in [2.75, 3.05) is 0 Å². The largest absolute Gasteiger partial charge is 0.478 e. The van der Waals surface area contributed by atoms with Crippen LogP contribution in [-0.2, 0) is 0 Å². The third-order valence-corrected chi connectivity index (χ3v) is 3.49. The van der Waals surface area contributed by atoms with Crippen molar-refractivity contribution < 1.29 is 9.90 Å². The molecule has 0 bridgehead atoms. The summed E-state index contributed by atoms with van der Waals surface area (Å²) in [6.45, 7) is 0. The summed E-state index contributed by atoms with van der Waals surface area (Å²) in [4.78, 5) is 15.2. The molecule has 100 valence electrons. The molecule has 0 saturated heterocycles. The fourth-order valence-corrected chi connectivity index (χ4v) is 2.07. The second-order valence-electron chi connectivity index (χ2n) is 4.09. The summed E-state index contributed by atoms with van der Waals surface area (Å²) in [6.07, 6.45) is 1.41. The van der Waals surface area contributed by atoms with E-state index in [1.54, 1.807) is 24.3 Å². The zero-order chi connectivity index (χ0) is 14.3. The highest BCUT2D eigenvalue weighted by Gasteiger charge is 2.10. The Labute approximate surface area is 123 Å². The maximum absolute atomic E-state index is 10.9. The summed E-state index contributed by atoms with van der Waals surface area (Å²) in [7, 11) is 0. The summed E-state index contributed by atoms with van der Waals surface area (Å²) < 4.78 is 1.42. The van der Waals surface area contributed by atoms with Crippen LogP contribution < -0.4 is 0 Å². The molecule has 0 fully saturated rings. The van der Waals surface area contributed by atoms with E-state index in [2.05, 4.69) is 10.1 Å². The zero-order valence-corrected chi connectivity index (χ0v) is 11.4. The molecule has 3 rings (SSSR count). The Balaban J connectivity index is 2.12. The number of carboxylic acids is 1. The fraction of sp³-hybridized carbons (Fsp3) is 0. The Kier molecular flexibility index (Phi) is 3.08. The van der Waals surface area contributed by atoms with Crippen molar-refractivity contribution in [2.24, 2.45) is 0 Å². The number of aromatic carboxylic acids is 1. The predicted octanol–water partition coefficient (Wildman–Crippen LogP) is 3.40. The lowest BCUT2D eigenvalue weighted by atomic mass is 10.2. The van der Waals surface area contributed by atoms with Gasteiger partial charge in [0.05, 0.1) is 15.6 Å². The van der Waals surface area contributed by atoms with E-state index in [9.17, 15) is 4.79 Å². The lowest BCUT2D eigenvalue weighted by molar-refractivity contribution is 0.0696. The number of hydrogen-bond acceptors (Lipinski definition) is 3. The van der Waals surface area contributed by atoms with Crippen LogP contribution in [0.1, 0.15) is 10.4 Å². The topological polar surface area (TPSA) is 67.5 Å². The van der Waals surface area contributed by atoms with Crippen molar-refractivity contribution in [2.45, 2.75) is 0 Å². The number of carboxylic acid groups (broad SMARTS) is 1. The van der Waals surface area contributed by atoms with E-state index in [0.717, 1.165) is 0 Å². The van der Waals surface area contributed by atoms with E-state index in [4.69, 9.17) is 28.3 Å². The zero-order valence-electron chi connectivity index (χ0n) is 9.92. The average molecular weight is 308 g/mol. The molecule has 0 aliphatic rings. The van der Waals surface area contributed by atoms with Crippen LogP contribution in [0.15, 0.2) is 36.5 Å². The third kappa shape index (κ3) is 2.21. The van der Waals surface area contributed by atoms with Crippen LogP contribution in [0.3, 0.4) is 0 Å². The van der Waals surface area contributed by atoms with E-state index >= 15 is 0 Å². The second kappa shape index (κ2) is 4.77. The molecule has 0 unspecified atom stereocenters. The van der Waals surface area contributed by atoms with Crippen molar-refractivity contribution in [1.29, 1.82) is 0 Å². The number of nitrogens with zero attached hydrogens (tertiary/aromatic N) is 3. The number of benzene rings is 1. The Morgan fingerprint density at radius 1 is 1.15 bits per heavy atom. The number of rotatable bonds is 2. The summed E-state index contributed by atoms with van der Waals surface area (Å²) in [5.41, 5.74) is 1.40. The molecular weight excluding hydrogens is 301 g/mol. The van der Waals surface area contributed by atoms with E-state index in [1.165, 1.54) is 16.8 Å². The lowest BCUT2D eigenvalue weighted by Gasteiger charge is -1.97. The second-order valence-corrected chi connectivity index (χ2v) is 4.90. The molecule has 0 aliphatic carbocycles. The smallest absolute Gasteiger partial charge is 0.337 e. The molecule has 0 atom stereocenters. The first-order valence-corrected chi connectivity index (χ1v) is 6.35. The molecule has 0 saturated carbocycles. The van der Waals surface area contributed by atoms with Crippen LogP contribution in [0.4, 0.5) is 0 Å². The van der Waals surface area contributed by atoms with Gasteiger partial charge in [-0.3, -0.25) is 0 Å². The van der Waals surface area contributed by atoms with Crippen LogP contribution in [0.25, 0.3) is 17.0 Å². The van der Waals surface area contributed by atoms with Gasteiger partial charge in [0, 0.05) is 11.8 Å². The first-order chi connectivity index (χ1) is 9.54. The van der Waals surface area contributed by atoms with Crippen molar-refractivity contribution in [1.82, 2.24) is 14.6 Å². The van der Waals surface area contributed by atoms with Crippen LogP contribution in [0.2, 0.25) is 10.0 Å². The molecule has 2 aromatic heterocycles. The minimum Gasteiger partial charge on any atom is -0.478 e. The molecule has 0 amide bonds. The van der Waals surface area contributed by atoms with Gasteiger partial charge in [0.2, 0.25) is 0 Å². The first kappa shape index (κ1) is 12.9. The van der Waals surface area contributed by atoms with Gasteiger partial charge in [-0.05, 0) is 30.3 Å². The Morgan fingerprint density at radius 3 is 2.65 bits per heavy atom. The van der Waals surface area contributed by atoms with Crippen molar-refractivity contribution in [3.05, 3.63) is 52.1 Å². The first-order valence-electron chi connectivity index (χ1n) is 5.60. The van der Waals surface area contributed by atoms with E-state index in [1.807, 2.05) is 0 Å². The van der Waals surface area contributed by atoms with Crippen LogP contribution >= 0.6 is 23.2 Å². The number of carbonyl (C=O) groups is 1. The van der Waals surface area contributed by atoms with Gasteiger partial charge in [-0.15, -0.1) is 5.10 Å². The van der Waals surface area contributed by atoms with E-state index in [-0.39, 0.29) is 5.56 Å². The van der Waals surface area contributed by atoms with Crippen LogP contribution in [0.5, 0.6) is 0 Å². The lowest BCUT2D eigenvalue weighted by Crippen LogP contribution is -1.99. The monoisotopic (exact) mass is 307 g/mol. The summed E-state index contributed by atoms with van der Waals surface area (Å²) >= 11 is 11.8. The van der Waals surface area contributed by atoms with Crippen molar-refractivity contribution in [3.8, 4) is 11.4 Å². The number of hydrogen-bond donors (Lipinski definition) is 1. The van der Waals surface area contributed by atoms with Gasteiger partial charge in [0.25, 0.3) is 0 Å². The number of aromatic nitrogens is 3. The highest BCUT2D eigenvalue weighted by Crippen LogP contribution is 2.27. The maximum Gasteiger partial charge on any atom is 0.337 e. The Hall–Kier alpha value is -2.11. The predicted molar refractivity (Wildman–Crippen MR) is 75.4 cm³/mol. The highest BCUT2D eigenvalue weighted by molar-refractivity contribution is 6.42. The average Bonchev–Trinajstić information content (AvgIpc) is 2.84. The molecule has 1 aromatic carbocycles. The molecule has 0 spiro atoms. The van der Waals surface area contributed by atoms with Crippen LogP contribution in [0, 0.1) is 0 Å². The standard InChI is InChI=1S/C13H7Cl2N3O2/c14-9-3-1-7(5-10(9)15)12-16-11-4-2-8(13(19)20)6-18(11)17-12/h1-6H,(H,19,20). The SMILES string of the molecule is O=C(O)c1ccc2nc(-c3ccc(Cl)c(Cl)c3)nn2c1. The minimum absolute atomic E-state index is 0.142. The van der Waals surface area contributed by atoms with Gasteiger partial charge in [0.15, 0.2) is 11.5 Å². The van der Waals surface area contributed by atoms with Gasteiger partial charge in [-0.25, -0.2) is 14.3 Å². The van der Waals surface area contributed by atoms with E-state index < -0.39 is 5.97 Å².